The maximum absolute atomic E-state index is 14.2. The Morgan fingerprint density at radius 2 is 1.94 bits per heavy atom. The van der Waals surface area contributed by atoms with Crippen LogP contribution in [0.15, 0.2) is 30.5 Å². The van der Waals surface area contributed by atoms with Crippen molar-refractivity contribution in [3.8, 4) is 5.75 Å². The van der Waals surface area contributed by atoms with Crippen LogP contribution < -0.4 is 10.1 Å². The summed E-state index contributed by atoms with van der Waals surface area (Å²) in [6, 6.07) is 6.47. The van der Waals surface area contributed by atoms with Gasteiger partial charge in [-0.2, -0.15) is 13.2 Å². The number of nitrogens with zero attached hydrogens (tertiary/aromatic N) is 2. The lowest BCUT2D eigenvalue weighted by molar-refractivity contribution is -0.231. The van der Waals surface area contributed by atoms with Crippen molar-refractivity contribution in [1.82, 2.24) is 9.88 Å². The first kappa shape index (κ1) is 22.1. The molecule has 5 rings (SSSR count). The Hall–Kier alpha value is -2.72. The number of pyridine rings is 1. The molecule has 1 aromatic heterocycles. The number of anilines is 1. The number of aromatic nitrogens is 1. The zero-order chi connectivity index (χ0) is 23.2. The summed E-state index contributed by atoms with van der Waals surface area (Å²) in [7, 11) is 0. The number of hydrogen-bond donors (Lipinski definition) is 1. The molecule has 2 aromatic rings. The minimum absolute atomic E-state index is 0.282. The lowest BCUT2D eigenvalue weighted by Crippen LogP contribution is -2.54. The molecule has 1 saturated heterocycles. The topological polar surface area (TPSA) is 63.7 Å². The van der Waals surface area contributed by atoms with Crippen LogP contribution in [0, 0.1) is 5.82 Å². The second-order valence-corrected chi connectivity index (χ2v) is 8.72. The molecule has 2 fully saturated rings. The van der Waals surface area contributed by atoms with Crippen LogP contribution in [0.1, 0.15) is 53.7 Å². The minimum Gasteiger partial charge on any atom is -0.462 e. The third kappa shape index (κ3) is 4.29. The Balaban J connectivity index is 1.26. The van der Waals surface area contributed by atoms with Gasteiger partial charge in [0.15, 0.2) is 11.5 Å². The van der Waals surface area contributed by atoms with Crippen LogP contribution in [0.4, 0.5) is 23.2 Å². The Morgan fingerprint density at radius 3 is 2.61 bits per heavy atom. The van der Waals surface area contributed by atoms with E-state index in [1.165, 1.54) is 19.3 Å². The summed E-state index contributed by atoms with van der Waals surface area (Å²) < 4.78 is 65.1. The predicted molar refractivity (Wildman–Crippen MR) is 110 cm³/mol. The van der Waals surface area contributed by atoms with Gasteiger partial charge in [0.1, 0.15) is 5.75 Å². The van der Waals surface area contributed by atoms with E-state index in [-0.39, 0.29) is 6.61 Å². The molecule has 33 heavy (non-hydrogen) atoms. The van der Waals surface area contributed by atoms with Crippen molar-refractivity contribution >= 4 is 11.6 Å². The molecule has 3 aliphatic rings. The van der Waals surface area contributed by atoms with Gasteiger partial charge < -0.3 is 14.8 Å². The van der Waals surface area contributed by atoms with Gasteiger partial charge >= 0.3 is 6.18 Å². The number of likely N-dealkylation sites (tertiary alicyclic amines) is 1. The molecule has 0 atom stereocenters. The predicted octanol–water partition coefficient (Wildman–Crippen LogP) is 4.75. The average Bonchev–Trinajstić information content (AvgIpc) is 2.74. The van der Waals surface area contributed by atoms with Gasteiger partial charge in [-0.15, -0.1) is 0 Å². The number of hydrogen-bond acceptors (Lipinski definition) is 5. The molecule has 10 heteroatoms. The van der Waals surface area contributed by atoms with Crippen molar-refractivity contribution in [2.24, 2.45) is 0 Å². The number of fused-ring (bicyclic) bond motifs is 1. The van der Waals surface area contributed by atoms with E-state index in [9.17, 15) is 22.4 Å². The van der Waals surface area contributed by atoms with Gasteiger partial charge in [0.25, 0.3) is 5.91 Å². The molecular formula is C23H23F4N3O3. The maximum Gasteiger partial charge on any atom is 0.436 e. The number of nitrogens with one attached hydrogen (secondary N) is 1. The Labute approximate surface area is 187 Å². The molecule has 1 spiro atoms. The number of ether oxygens (including phenoxy) is 2. The summed E-state index contributed by atoms with van der Waals surface area (Å²) in [5.41, 5.74) is -1.46. The quantitative estimate of drug-likeness (QED) is 0.664. The molecule has 1 saturated carbocycles. The summed E-state index contributed by atoms with van der Waals surface area (Å²) in [4.78, 5) is 17.9. The fraction of sp³-hybridized carbons (Fsp3) is 0.478. The fourth-order valence-corrected chi connectivity index (χ4v) is 4.55. The third-order valence-corrected chi connectivity index (χ3v) is 6.66. The highest BCUT2D eigenvalue weighted by molar-refractivity contribution is 6.04. The minimum atomic E-state index is -5.00. The second-order valence-electron chi connectivity index (χ2n) is 8.72. The van der Waals surface area contributed by atoms with Gasteiger partial charge in [0.2, 0.25) is 5.79 Å². The number of rotatable bonds is 3. The van der Waals surface area contributed by atoms with E-state index in [4.69, 9.17) is 9.47 Å². The van der Waals surface area contributed by atoms with Crippen LogP contribution in [-0.2, 0) is 17.5 Å². The van der Waals surface area contributed by atoms with Crippen LogP contribution in [0.25, 0.3) is 0 Å². The number of benzene rings is 1. The van der Waals surface area contributed by atoms with Gasteiger partial charge in [0, 0.05) is 49.4 Å². The SMILES string of the molecule is O=C(Nc1ccc2c(c1)COC1(CCN(C3CCC3)CC1)O2)c1ccnc(C(F)(F)F)c1F. The number of piperidine rings is 1. The van der Waals surface area contributed by atoms with Gasteiger partial charge in [-0.3, -0.25) is 9.69 Å². The number of halogens is 4. The van der Waals surface area contributed by atoms with Crippen molar-refractivity contribution in [2.45, 2.75) is 56.7 Å². The summed E-state index contributed by atoms with van der Waals surface area (Å²) in [5, 5.41) is 2.44. The first-order chi connectivity index (χ1) is 15.7. The van der Waals surface area contributed by atoms with E-state index in [2.05, 4.69) is 15.2 Å². The molecule has 176 valence electrons. The molecule has 3 heterocycles. The summed E-state index contributed by atoms with van der Waals surface area (Å²) in [6.07, 6.45) is 1.10. The molecule has 6 nitrogen and oxygen atoms in total. The fourth-order valence-electron chi connectivity index (χ4n) is 4.55. The average molecular weight is 465 g/mol. The van der Waals surface area contributed by atoms with E-state index in [1.807, 2.05) is 0 Å². The lowest BCUT2D eigenvalue weighted by Gasteiger charge is -2.47. The van der Waals surface area contributed by atoms with Crippen LogP contribution in [0.5, 0.6) is 5.75 Å². The van der Waals surface area contributed by atoms with E-state index >= 15 is 0 Å². The maximum atomic E-state index is 14.2. The summed E-state index contributed by atoms with van der Waals surface area (Å²) >= 11 is 0. The normalized spacial score (nSPS) is 20.6. The highest BCUT2D eigenvalue weighted by Crippen LogP contribution is 2.40. The third-order valence-electron chi connectivity index (χ3n) is 6.66. The van der Waals surface area contributed by atoms with Crippen molar-refractivity contribution in [2.75, 3.05) is 18.4 Å². The molecule has 2 aliphatic heterocycles. The second kappa shape index (κ2) is 8.25. The molecule has 1 aliphatic carbocycles. The number of amides is 1. The molecular weight excluding hydrogens is 442 g/mol. The number of alkyl halides is 3. The lowest BCUT2D eigenvalue weighted by atomic mass is 9.89. The standard InChI is InChI=1S/C23H23F4N3O3/c24-19-17(6-9-28-20(19)23(25,26)27)21(31)29-15-4-5-18-14(12-15)13-32-22(33-18)7-10-30(11-8-22)16-2-1-3-16/h4-6,9,12,16H,1-3,7-8,10-11,13H2,(H,29,31). The van der Waals surface area contributed by atoms with E-state index in [0.717, 1.165) is 38.2 Å². The molecule has 1 aromatic carbocycles. The monoisotopic (exact) mass is 465 g/mol. The number of carbonyl (C=O) groups excluding carboxylic acids is 1. The highest BCUT2D eigenvalue weighted by Gasteiger charge is 2.43. The van der Waals surface area contributed by atoms with Crippen molar-refractivity contribution in [3.05, 3.63) is 53.1 Å². The van der Waals surface area contributed by atoms with Crippen LogP contribution in [-0.4, -0.2) is 40.7 Å². The molecule has 1 N–H and O–H groups in total. The molecule has 1 amide bonds. The summed E-state index contributed by atoms with van der Waals surface area (Å²) in [6.45, 7) is 2.13. The zero-order valence-corrected chi connectivity index (χ0v) is 17.8. The largest absolute Gasteiger partial charge is 0.462 e. The van der Waals surface area contributed by atoms with Crippen LogP contribution >= 0.6 is 0 Å². The Kier molecular flexibility index (Phi) is 5.52. The molecule has 0 bridgehead atoms. The first-order valence-corrected chi connectivity index (χ1v) is 11.0. The first-order valence-electron chi connectivity index (χ1n) is 11.0. The van der Waals surface area contributed by atoms with Crippen LogP contribution in [0.2, 0.25) is 0 Å². The van der Waals surface area contributed by atoms with E-state index < -0.39 is 34.9 Å². The van der Waals surface area contributed by atoms with Gasteiger partial charge in [0.05, 0.1) is 12.2 Å². The van der Waals surface area contributed by atoms with Gasteiger partial charge in [-0.1, -0.05) is 6.42 Å². The van der Waals surface area contributed by atoms with Crippen LogP contribution in [0.3, 0.4) is 0 Å². The van der Waals surface area contributed by atoms with Gasteiger partial charge in [-0.05, 0) is 37.1 Å². The smallest absolute Gasteiger partial charge is 0.436 e. The molecule has 0 unspecified atom stereocenters. The van der Waals surface area contributed by atoms with E-state index in [1.54, 1.807) is 18.2 Å². The summed E-state index contributed by atoms with van der Waals surface area (Å²) in [5.74, 6) is -2.72. The van der Waals surface area contributed by atoms with Crippen molar-refractivity contribution in [3.63, 3.8) is 0 Å². The highest BCUT2D eigenvalue weighted by atomic mass is 19.4. The van der Waals surface area contributed by atoms with E-state index in [0.29, 0.717) is 23.0 Å². The number of carbonyl (C=O) groups is 1. The van der Waals surface area contributed by atoms with Crippen molar-refractivity contribution in [1.29, 1.82) is 0 Å². The van der Waals surface area contributed by atoms with Gasteiger partial charge in [-0.25, -0.2) is 9.37 Å². The Bertz CT molecular complexity index is 1060. The molecule has 0 radical (unpaired) electrons. The Morgan fingerprint density at radius 1 is 1.18 bits per heavy atom. The van der Waals surface area contributed by atoms with Crippen molar-refractivity contribution < 1.29 is 31.8 Å². The zero-order valence-electron chi connectivity index (χ0n) is 17.8.